The number of carbonyl (C=O) groups excluding carboxylic acids is 1. The summed E-state index contributed by atoms with van der Waals surface area (Å²) in [5.41, 5.74) is 2.68. The van der Waals surface area contributed by atoms with Crippen LogP contribution < -0.4 is 5.48 Å². The quantitative estimate of drug-likeness (QED) is 0.581. The maximum atomic E-state index is 11.7. The molecule has 2 heterocycles. The molecule has 0 saturated carbocycles. The van der Waals surface area contributed by atoms with Crippen molar-refractivity contribution >= 4 is 5.91 Å². The molecule has 0 bridgehead atoms. The number of aromatic nitrogens is 4. The first kappa shape index (κ1) is 13.1. The molecule has 0 unspecified atom stereocenters. The maximum Gasteiger partial charge on any atom is 0.276 e. The number of hydrogen-bond acceptors (Lipinski definition) is 6. The molecular formula is C11H13N5O3. The largest absolute Gasteiger partial charge is 0.382 e. The number of methoxy groups -OCH3 is 1. The maximum absolute atomic E-state index is 11.7. The van der Waals surface area contributed by atoms with Gasteiger partial charge in [0.25, 0.3) is 5.91 Å². The lowest BCUT2D eigenvalue weighted by atomic mass is 10.3. The summed E-state index contributed by atoms with van der Waals surface area (Å²) in [6.45, 7) is 0.691. The molecule has 2 aromatic rings. The summed E-state index contributed by atoms with van der Waals surface area (Å²) in [5.74, 6) is 0.211. The lowest BCUT2D eigenvalue weighted by Crippen LogP contribution is -2.25. The van der Waals surface area contributed by atoms with Crippen molar-refractivity contribution in [3.63, 3.8) is 0 Å². The standard InChI is InChI=1S/C11H13N5O3/c1-18-4-5-19-15-11(17)9-2-3-10(13-6-9)16-8-12-7-14-16/h2-3,6-8H,4-5H2,1H3,(H,15,17). The molecule has 1 N–H and O–H groups in total. The number of nitrogens with one attached hydrogen (secondary N) is 1. The lowest BCUT2D eigenvalue weighted by Gasteiger charge is -2.05. The van der Waals surface area contributed by atoms with Crippen molar-refractivity contribution in [3.8, 4) is 5.82 Å². The fourth-order valence-electron chi connectivity index (χ4n) is 1.28. The van der Waals surface area contributed by atoms with Crippen molar-refractivity contribution in [2.24, 2.45) is 0 Å². The zero-order valence-electron chi connectivity index (χ0n) is 10.3. The molecule has 0 radical (unpaired) electrons. The third kappa shape index (κ3) is 3.57. The molecule has 1 amide bonds. The van der Waals surface area contributed by atoms with E-state index in [-0.39, 0.29) is 12.5 Å². The average Bonchev–Trinajstić information content (AvgIpc) is 2.98. The van der Waals surface area contributed by atoms with Crippen LogP contribution >= 0.6 is 0 Å². The normalized spacial score (nSPS) is 10.4. The first-order valence-electron chi connectivity index (χ1n) is 5.53. The topological polar surface area (TPSA) is 91.2 Å². The second-order valence-electron chi connectivity index (χ2n) is 3.52. The highest BCUT2D eigenvalue weighted by Gasteiger charge is 2.06. The van der Waals surface area contributed by atoms with Gasteiger partial charge < -0.3 is 4.74 Å². The Kier molecular flexibility index (Phi) is 4.54. The first-order valence-corrected chi connectivity index (χ1v) is 5.53. The molecular weight excluding hydrogens is 250 g/mol. The molecule has 0 fully saturated rings. The SMILES string of the molecule is COCCONC(=O)c1ccc(-n2cncn2)nc1. The Morgan fingerprint density at radius 1 is 1.42 bits per heavy atom. The van der Waals surface area contributed by atoms with E-state index >= 15 is 0 Å². The zero-order chi connectivity index (χ0) is 13.5. The van der Waals surface area contributed by atoms with Crippen molar-refractivity contribution in [2.75, 3.05) is 20.3 Å². The van der Waals surface area contributed by atoms with E-state index in [1.54, 1.807) is 19.2 Å². The second-order valence-corrected chi connectivity index (χ2v) is 3.52. The summed E-state index contributed by atoms with van der Waals surface area (Å²) in [6.07, 6.45) is 4.37. The van der Waals surface area contributed by atoms with Crippen LogP contribution in [0.1, 0.15) is 10.4 Å². The summed E-state index contributed by atoms with van der Waals surface area (Å²) >= 11 is 0. The molecule has 0 atom stereocenters. The van der Waals surface area contributed by atoms with Crippen LogP contribution in [0.2, 0.25) is 0 Å². The first-order chi connectivity index (χ1) is 9.31. The fraction of sp³-hybridized carbons (Fsp3) is 0.273. The molecule has 0 aromatic carbocycles. The minimum atomic E-state index is -0.367. The van der Waals surface area contributed by atoms with E-state index in [1.807, 2.05) is 0 Å². The average molecular weight is 263 g/mol. The Hall–Kier alpha value is -2.32. The minimum absolute atomic E-state index is 0.284. The van der Waals surface area contributed by atoms with Crippen LogP contribution in [0.4, 0.5) is 0 Å². The second kappa shape index (κ2) is 6.57. The highest BCUT2D eigenvalue weighted by molar-refractivity contribution is 5.93. The molecule has 100 valence electrons. The summed E-state index contributed by atoms with van der Waals surface area (Å²) in [4.78, 5) is 24.5. The number of ether oxygens (including phenoxy) is 1. The number of amides is 1. The summed E-state index contributed by atoms with van der Waals surface area (Å²) < 4.78 is 6.28. The van der Waals surface area contributed by atoms with Crippen LogP contribution in [-0.4, -0.2) is 46.0 Å². The number of hydrogen-bond donors (Lipinski definition) is 1. The smallest absolute Gasteiger partial charge is 0.276 e. The van der Waals surface area contributed by atoms with Crippen LogP contribution in [0.15, 0.2) is 31.0 Å². The van der Waals surface area contributed by atoms with Gasteiger partial charge in [0.15, 0.2) is 5.82 Å². The molecule has 19 heavy (non-hydrogen) atoms. The van der Waals surface area contributed by atoms with Crippen molar-refractivity contribution in [1.82, 2.24) is 25.2 Å². The molecule has 0 spiro atoms. The molecule has 0 aliphatic carbocycles. The Labute approximate surface area is 109 Å². The van der Waals surface area contributed by atoms with Gasteiger partial charge in [-0.25, -0.2) is 20.1 Å². The van der Waals surface area contributed by atoms with E-state index in [4.69, 9.17) is 9.57 Å². The highest BCUT2D eigenvalue weighted by atomic mass is 16.7. The van der Waals surface area contributed by atoms with Gasteiger partial charge in [0.2, 0.25) is 0 Å². The molecule has 2 aromatic heterocycles. The van der Waals surface area contributed by atoms with Crippen LogP contribution in [0.5, 0.6) is 0 Å². The Bertz CT molecular complexity index is 512. The van der Waals surface area contributed by atoms with Crippen LogP contribution in [-0.2, 0) is 9.57 Å². The van der Waals surface area contributed by atoms with Gasteiger partial charge in [0.05, 0.1) is 18.8 Å². The van der Waals surface area contributed by atoms with Crippen LogP contribution in [0.25, 0.3) is 5.82 Å². The van der Waals surface area contributed by atoms with Gasteiger partial charge in [-0.3, -0.25) is 9.63 Å². The monoisotopic (exact) mass is 263 g/mol. The third-order valence-electron chi connectivity index (χ3n) is 2.22. The number of hydroxylamine groups is 1. The predicted molar refractivity (Wildman–Crippen MR) is 64.4 cm³/mol. The van der Waals surface area contributed by atoms with Gasteiger partial charge in [-0.1, -0.05) is 0 Å². The van der Waals surface area contributed by atoms with Gasteiger partial charge in [-0.2, -0.15) is 5.10 Å². The van der Waals surface area contributed by atoms with E-state index < -0.39 is 0 Å². The lowest BCUT2D eigenvalue weighted by molar-refractivity contribution is 0.00886. The van der Waals surface area contributed by atoms with Crippen LogP contribution in [0.3, 0.4) is 0 Å². The Balaban J connectivity index is 1.93. The summed E-state index contributed by atoms with van der Waals surface area (Å²) in [6, 6.07) is 3.29. The van der Waals surface area contributed by atoms with Gasteiger partial charge in [0, 0.05) is 13.3 Å². The van der Waals surface area contributed by atoms with Crippen molar-refractivity contribution < 1.29 is 14.4 Å². The predicted octanol–water partition coefficient (Wildman–Crippen LogP) is -0.0299. The molecule has 2 rings (SSSR count). The van der Waals surface area contributed by atoms with Gasteiger partial charge >= 0.3 is 0 Å². The summed E-state index contributed by atoms with van der Waals surface area (Å²) in [7, 11) is 1.55. The highest BCUT2D eigenvalue weighted by Crippen LogP contribution is 2.03. The Morgan fingerprint density at radius 2 is 2.32 bits per heavy atom. The number of pyridine rings is 1. The van der Waals surface area contributed by atoms with E-state index in [2.05, 4.69) is 20.5 Å². The van der Waals surface area contributed by atoms with Gasteiger partial charge in [-0.15, -0.1) is 0 Å². The minimum Gasteiger partial charge on any atom is -0.382 e. The number of rotatable bonds is 6. The zero-order valence-corrected chi connectivity index (χ0v) is 10.3. The van der Waals surface area contributed by atoms with Crippen molar-refractivity contribution in [3.05, 3.63) is 36.5 Å². The van der Waals surface area contributed by atoms with Crippen molar-refractivity contribution in [1.29, 1.82) is 0 Å². The van der Waals surface area contributed by atoms with Gasteiger partial charge in [-0.05, 0) is 12.1 Å². The van der Waals surface area contributed by atoms with Gasteiger partial charge in [0.1, 0.15) is 12.7 Å². The molecule has 0 aliphatic rings. The van der Waals surface area contributed by atoms with E-state index in [9.17, 15) is 4.79 Å². The third-order valence-corrected chi connectivity index (χ3v) is 2.22. The Morgan fingerprint density at radius 3 is 2.95 bits per heavy atom. The fourth-order valence-corrected chi connectivity index (χ4v) is 1.28. The molecule has 0 saturated heterocycles. The number of nitrogens with zero attached hydrogens (tertiary/aromatic N) is 4. The number of carbonyl (C=O) groups is 1. The molecule has 8 nitrogen and oxygen atoms in total. The van der Waals surface area contributed by atoms with Crippen molar-refractivity contribution in [2.45, 2.75) is 0 Å². The molecule has 0 aliphatic heterocycles. The molecule has 8 heteroatoms. The van der Waals surface area contributed by atoms with Crippen LogP contribution in [0, 0.1) is 0 Å². The van der Waals surface area contributed by atoms with E-state index in [0.717, 1.165) is 0 Å². The van der Waals surface area contributed by atoms with E-state index in [0.29, 0.717) is 18.0 Å². The van der Waals surface area contributed by atoms with E-state index in [1.165, 1.54) is 23.5 Å². The summed E-state index contributed by atoms with van der Waals surface area (Å²) in [5, 5.41) is 3.93.